The second kappa shape index (κ2) is 7.51. The van der Waals surface area contributed by atoms with E-state index in [0.717, 1.165) is 17.8 Å². The zero-order valence-corrected chi connectivity index (χ0v) is 13.6. The number of aromatic amines is 1. The molecule has 3 aromatic rings. The molecule has 0 atom stereocenters. The van der Waals surface area contributed by atoms with Crippen molar-refractivity contribution in [2.24, 2.45) is 0 Å². The number of nitrogens with zero attached hydrogens (tertiary/aromatic N) is 3. The van der Waals surface area contributed by atoms with Gasteiger partial charge >= 0.3 is 5.97 Å². The van der Waals surface area contributed by atoms with Crippen molar-refractivity contribution in [3.05, 3.63) is 53.6 Å². The van der Waals surface area contributed by atoms with E-state index in [0.29, 0.717) is 24.5 Å². The molecule has 1 aliphatic heterocycles. The molecule has 134 valence electrons. The van der Waals surface area contributed by atoms with Gasteiger partial charge < -0.3 is 24.6 Å². The summed E-state index contributed by atoms with van der Waals surface area (Å²) in [6.45, 7) is 0.940. The lowest BCUT2D eigenvalue weighted by molar-refractivity contribution is -0.122. The molecule has 0 bridgehead atoms. The van der Waals surface area contributed by atoms with E-state index >= 15 is 0 Å². The number of imidazole rings is 1. The Kier molecular flexibility index (Phi) is 4.97. The molecule has 0 aliphatic carbocycles. The zero-order chi connectivity index (χ0) is 18.5. The van der Waals surface area contributed by atoms with Gasteiger partial charge in [-0.15, -0.1) is 0 Å². The average Bonchev–Trinajstić information content (AvgIpc) is 3.29. The number of carboxylic acid groups (broad SMARTS) is 2. The van der Waals surface area contributed by atoms with Crippen LogP contribution in [0.3, 0.4) is 0 Å². The van der Waals surface area contributed by atoms with Crippen molar-refractivity contribution in [3.8, 4) is 11.3 Å². The van der Waals surface area contributed by atoms with Crippen LogP contribution in [-0.2, 0) is 17.8 Å². The third-order valence-electron chi connectivity index (χ3n) is 4.00. The van der Waals surface area contributed by atoms with Crippen LogP contribution in [0.15, 0.2) is 41.2 Å². The van der Waals surface area contributed by atoms with Gasteiger partial charge in [0.2, 0.25) is 0 Å². The summed E-state index contributed by atoms with van der Waals surface area (Å²) in [6.07, 6.45) is 2.40. The van der Waals surface area contributed by atoms with Gasteiger partial charge in [-0.1, -0.05) is 35.5 Å². The molecule has 9 nitrogen and oxygen atoms in total. The highest BCUT2D eigenvalue weighted by Crippen LogP contribution is 2.33. The third kappa shape index (κ3) is 3.27. The molecular formula is C17H16N4O5. The Morgan fingerprint density at radius 2 is 2.04 bits per heavy atom. The predicted octanol–water partition coefficient (Wildman–Crippen LogP) is 2.03. The number of aromatic nitrogens is 3. The maximum absolute atomic E-state index is 11.8. The first-order valence-corrected chi connectivity index (χ1v) is 7.78. The SMILES string of the molecule is O=C(O)c1c(N2CCc3nc[nH]c3C2)noc1-c1ccccc1.O=CO. The smallest absolute Gasteiger partial charge is 0.343 e. The fourth-order valence-corrected chi connectivity index (χ4v) is 2.87. The Morgan fingerprint density at radius 1 is 1.31 bits per heavy atom. The number of benzene rings is 1. The van der Waals surface area contributed by atoms with Crippen molar-refractivity contribution in [1.29, 1.82) is 0 Å². The molecule has 0 spiro atoms. The van der Waals surface area contributed by atoms with Crippen LogP contribution >= 0.6 is 0 Å². The van der Waals surface area contributed by atoms with Crippen LogP contribution in [0.1, 0.15) is 21.7 Å². The molecule has 0 saturated heterocycles. The molecule has 2 aromatic heterocycles. The number of carbonyl (C=O) groups is 2. The predicted molar refractivity (Wildman–Crippen MR) is 90.9 cm³/mol. The molecule has 0 unspecified atom stereocenters. The Morgan fingerprint density at radius 3 is 2.73 bits per heavy atom. The van der Waals surface area contributed by atoms with Gasteiger partial charge in [0.05, 0.1) is 24.3 Å². The van der Waals surface area contributed by atoms with E-state index in [2.05, 4.69) is 15.1 Å². The Labute approximate surface area is 147 Å². The fraction of sp³-hybridized carbons (Fsp3) is 0.176. The largest absolute Gasteiger partial charge is 0.483 e. The van der Waals surface area contributed by atoms with Gasteiger partial charge in [0, 0.05) is 18.5 Å². The Bertz CT molecular complexity index is 903. The number of fused-ring (bicyclic) bond motifs is 1. The second-order valence-electron chi connectivity index (χ2n) is 5.49. The monoisotopic (exact) mass is 356 g/mol. The highest BCUT2D eigenvalue weighted by atomic mass is 16.5. The van der Waals surface area contributed by atoms with E-state index in [4.69, 9.17) is 14.4 Å². The molecule has 1 aromatic carbocycles. The number of H-pyrrole nitrogens is 1. The summed E-state index contributed by atoms with van der Waals surface area (Å²) >= 11 is 0. The third-order valence-corrected chi connectivity index (χ3v) is 4.00. The van der Waals surface area contributed by atoms with Gasteiger partial charge in [0.25, 0.3) is 6.47 Å². The quantitative estimate of drug-likeness (QED) is 0.607. The average molecular weight is 356 g/mol. The molecule has 26 heavy (non-hydrogen) atoms. The van der Waals surface area contributed by atoms with Crippen molar-refractivity contribution in [2.45, 2.75) is 13.0 Å². The molecule has 0 fully saturated rings. The van der Waals surface area contributed by atoms with E-state index in [9.17, 15) is 9.90 Å². The van der Waals surface area contributed by atoms with Gasteiger partial charge in [-0.05, 0) is 0 Å². The van der Waals surface area contributed by atoms with Crippen molar-refractivity contribution in [1.82, 2.24) is 15.1 Å². The lowest BCUT2D eigenvalue weighted by Gasteiger charge is -2.26. The minimum atomic E-state index is -1.05. The summed E-state index contributed by atoms with van der Waals surface area (Å²) < 4.78 is 5.37. The van der Waals surface area contributed by atoms with E-state index < -0.39 is 5.97 Å². The molecule has 9 heteroatoms. The first-order chi connectivity index (χ1) is 12.7. The highest BCUT2D eigenvalue weighted by molar-refractivity contribution is 5.99. The molecule has 0 amide bonds. The summed E-state index contributed by atoms with van der Waals surface area (Å²) in [5.74, 6) is -0.407. The number of aromatic carboxylic acids is 1. The number of hydrogen-bond acceptors (Lipinski definition) is 6. The van der Waals surface area contributed by atoms with Crippen molar-refractivity contribution in [3.63, 3.8) is 0 Å². The van der Waals surface area contributed by atoms with Gasteiger partial charge in [0.15, 0.2) is 17.1 Å². The van der Waals surface area contributed by atoms with Crippen molar-refractivity contribution < 1.29 is 24.3 Å². The lowest BCUT2D eigenvalue weighted by Crippen LogP contribution is -2.31. The summed E-state index contributed by atoms with van der Waals surface area (Å²) in [5.41, 5.74) is 2.80. The van der Waals surface area contributed by atoms with Crippen LogP contribution in [-0.4, -0.2) is 44.3 Å². The van der Waals surface area contributed by atoms with Gasteiger partial charge in [-0.2, -0.15) is 0 Å². The molecule has 3 heterocycles. The van der Waals surface area contributed by atoms with Crippen LogP contribution in [0.25, 0.3) is 11.3 Å². The first kappa shape index (κ1) is 17.2. The second-order valence-corrected chi connectivity index (χ2v) is 5.49. The first-order valence-electron chi connectivity index (χ1n) is 7.78. The normalized spacial score (nSPS) is 12.7. The highest BCUT2D eigenvalue weighted by Gasteiger charge is 2.29. The van der Waals surface area contributed by atoms with Crippen LogP contribution in [0.2, 0.25) is 0 Å². The van der Waals surface area contributed by atoms with E-state index in [1.54, 1.807) is 18.5 Å². The number of nitrogens with one attached hydrogen (secondary N) is 1. The lowest BCUT2D eigenvalue weighted by atomic mass is 10.1. The molecule has 0 radical (unpaired) electrons. The van der Waals surface area contributed by atoms with Crippen molar-refractivity contribution >= 4 is 18.3 Å². The van der Waals surface area contributed by atoms with Crippen LogP contribution < -0.4 is 4.90 Å². The topological polar surface area (TPSA) is 133 Å². The molecule has 1 aliphatic rings. The molecular weight excluding hydrogens is 340 g/mol. The summed E-state index contributed by atoms with van der Waals surface area (Å²) in [6, 6.07) is 9.15. The van der Waals surface area contributed by atoms with Gasteiger partial charge in [-0.3, -0.25) is 4.79 Å². The molecule has 3 N–H and O–H groups in total. The number of rotatable bonds is 3. The number of anilines is 1. The van der Waals surface area contributed by atoms with Crippen LogP contribution in [0.4, 0.5) is 5.82 Å². The van der Waals surface area contributed by atoms with Crippen molar-refractivity contribution in [2.75, 3.05) is 11.4 Å². The van der Waals surface area contributed by atoms with Crippen LogP contribution in [0, 0.1) is 0 Å². The summed E-state index contributed by atoms with van der Waals surface area (Å²) in [4.78, 5) is 29.4. The zero-order valence-electron chi connectivity index (χ0n) is 13.6. The van der Waals surface area contributed by atoms with Gasteiger partial charge in [-0.25, -0.2) is 9.78 Å². The Hall–Kier alpha value is -3.62. The van der Waals surface area contributed by atoms with Crippen LogP contribution in [0.5, 0.6) is 0 Å². The van der Waals surface area contributed by atoms with E-state index in [1.165, 1.54) is 0 Å². The molecule has 4 rings (SSSR count). The maximum atomic E-state index is 11.8. The maximum Gasteiger partial charge on any atom is 0.343 e. The fourth-order valence-electron chi connectivity index (χ4n) is 2.87. The molecule has 0 saturated carbocycles. The standard InChI is InChI=1S/C16H14N4O3.CH2O2/c21-16(22)13-14(10-4-2-1-3-5-10)23-19-15(13)20-7-6-11-12(8-20)18-9-17-11;2-1-3/h1-5,9H,6-8H2,(H,17,18)(H,21,22);1H,(H,2,3). The summed E-state index contributed by atoms with van der Waals surface area (Å²) in [5, 5.41) is 20.6. The number of hydrogen-bond donors (Lipinski definition) is 3. The summed E-state index contributed by atoms with van der Waals surface area (Å²) in [7, 11) is 0. The minimum Gasteiger partial charge on any atom is -0.483 e. The Balaban J connectivity index is 0.000000613. The minimum absolute atomic E-state index is 0.0964. The van der Waals surface area contributed by atoms with Gasteiger partial charge in [0.1, 0.15) is 0 Å². The van der Waals surface area contributed by atoms with E-state index in [1.807, 2.05) is 23.1 Å². The van der Waals surface area contributed by atoms with E-state index in [-0.39, 0.29) is 17.8 Å². The number of carboxylic acids is 1.